The molecule has 0 fully saturated rings. The summed E-state index contributed by atoms with van der Waals surface area (Å²) in [6.07, 6.45) is 2.63. The van der Waals surface area contributed by atoms with Crippen molar-refractivity contribution in [3.63, 3.8) is 0 Å². The van der Waals surface area contributed by atoms with Gasteiger partial charge in [-0.1, -0.05) is 43.1 Å². The summed E-state index contributed by atoms with van der Waals surface area (Å²) in [7, 11) is 0. The molecule has 1 heterocycles. The van der Waals surface area contributed by atoms with Crippen molar-refractivity contribution in [3.05, 3.63) is 57.3 Å². The predicted octanol–water partition coefficient (Wildman–Crippen LogP) is 4.46. The van der Waals surface area contributed by atoms with Gasteiger partial charge in [-0.3, -0.25) is 4.68 Å². The third kappa shape index (κ3) is 4.12. The van der Waals surface area contributed by atoms with Gasteiger partial charge < -0.3 is 5.11 Å². The van der Waals surface area contributed by atoms with Gasteiger partial charge in [0.1, 0.15) is 0 Å². The first-order valence-electron chi connectivity index (χ1n) is 6.79. The molecule has 0 aliphatic heterocycles. The molecule has 0 amide bonds. The van der Waals surface area contributed by atoms with E-state index in [1.54, 1.807) is 16.8 Å². The van der Waals surface area contributed by atoms with E-state index in [0.717, 1.165) is 23.0 Å². The Morgan fingerprint density at radius 1 is 1.36 bits per heavy atom. The van der Waals surface area contributed by atoms with E-state index in [1.807, 2.05) is 26.0 Å². The van der Waals surface area contributed by atoms with Gasteiger partial charge in [-0.2, -0.15) is 5.10 Å². The number of aliphatic carboxylic acids is 1. The first-order valence-corrected chi connectivity index (χ1v) is 7.55. The van der Waals surface area contributed by atoms with Crippen LogP contribution in [0.5, 0.6) is 0 Å². The highest BCUT2D eigenvalue weighted by Gasteiger charge is 2.11. The first kappa shape index (κ1) is 16.6. The summed E-state index contributed by atoms with van der Waals surface area (Å²) in [5.41, 5.74) is 2.49. The highest BCUT2D eigenvalue weighted by Crippen LogP contribution is 2.23. The van der Waals surface area contributed by atoms with E-state index in [0.29, 0.717) is 16.6 Å². The van der Waals surface area contributed by atoms with Crippen LogP contribution in [-0.4, -0.2) is 20.9 Å². The van der Waals surface area contributed by atoms with E-state index in [-0.39, 0.29) is 5.92 Å². The van der Waals surface area contributed by atoms with E-state index in [1.165, 1.54) is 6.08 Å². The molecule has 0 spiro atoms. The summed E-state index contributed by atoms with van der Waals surface area (Å²) in [6.45, 7) is 4.52. The highest BCUT2D eigenvalue weighted by molar-refractivity contribution is 6.35. The van der Waals surface area contributed by atoms with Gasteiger partial charge in [-0.05, 0) is 35.8 Å². The number of halogens is 2. The maximum absolute atomic E-state index is 10.7. The zero-order valence-electron chi connectivity index (χ0n) is 12.3. The molecule has 0 atom stereocenters. The Labute approximate surface area is 139 Å². The maximum atomic E-state index is 10.7. The summed E-state index contributed by atoms with van der Waals surface area (Å²) >= 11 is 12.1. The SMILES string of the molecule is CC(C)c1cc(C=CC(=O)O)n(Cc2ccc(Cl)cc2Cl)n1. The van der Waals surface area contributed by atoms with Gasteiger partial charge in [-0.25, -0.2) is 4.79 Å². The quantitative estimate of drug-likeness (QED) is 0.819. The number of hydrogen-bond donors (Lipinski definition) is 1. The van der Waals surface area contributed by atoms with Gasteiger partial charge in [-0.15, -0.1) is 0 Å². The second-order valence-electron chi connectivity index (χ2n) is 5.21. The molecule has 2 rings (SSSR count). The Kier molecular flexibility index (Phi) is 5.27. The average molecular weight is 339 g/mol. The largest absolute Gasteiger partial charge is 0.478 e. The molecule has 0 radical (unpaired) electrons. The van der Waals surface area contributed by atoms with Gasteiger partial charge in [0.15, 0.2) is 0 Å². The molecule has 22 heavy (non-hydrogen) atoms. The summed E-state index contributed by atoms with van der Waals surface area (Å²) in [5.74, 6) is -0.748. The lowest BCUT2D eigenvalue weighted by atomic mass is 10.1. The number of rotatable bonds is 5. The van der Waals surface area contributed by atoms with Gasteiger partial charge >= 0.3 is 5.97 Å². The topological polar surface area (TPSA) is 55.1 Å². The van der Waals surface area contributed by atoms with Crippen LogP contribution in [0.25, 0.3) is 6.08 Å². The maximum Gasteiger partial charge on any atom is 0.328 e. The third-order valence-corrected chi connectivity index (χ3v) is 3.74. The van der Waals surface area contributed by atoms with Crippen molar-refractivity contribution >= 4 is 35.2 Å². The van der Waals surface area contributed by atoms with Crippen LogP contribution in [0.15, 0.2) is 30.3 Å². The number of carboxylic acid groups (broad SMARTS) is 1. The summed E-state index contributed by atoms with van der Waals surface area (Å²) in [5, 5.41) is 14.5. The van der Waals surface area contributed by atoms with Crippen LogP contribution in [0.3, 0.4) is 0 Å². The summed E-state index contributed by atoms with van der Waals surface area (Å²) < 4.78 is 1.74. The van der Waals surface area contributed by atoms with Crippen LogP contribution in [-0.2, 0) is 11.3 Å². The van der Waals surface area contributed by atoms with E-state index in [4.69, 9.17) is 28.3 Å². The third-order valence-electron chi connectivity index (χ3n) is 3.15. The summed E-state index contributed by atoms with van der Waals surface area (Å²) in [4.78, 5) is 10.7. The van der Waals surface area contributed by atoms with Crippen molar-refractivity contribution in [3.8, 4) is 0 Å². The Hall–Kier alpha value is -1.78. The number of benzene rings is 1. The van der Waals surface area contributed by atoms with Crippen LogP contribution < -0.4 is 0 Å². The van der Waals surface area contributed by atoms with Crippen molar-refractivity contribution in [2.75, 3.05) is 0 Å². The van der Waals surface area contributed by atoms with Crippen molar-refractivity contribution in [1.82, 2.24) is 9.78 Å². The molecular formula is C16H16Cl2N2O2. The zero-order chi connectivity index (χ0) is 16.3. The number of nitrogens with zero attached hydrogens (tertiary/aromatic N) is 2. The molecule has 1 aromatic heterocycles. The highest BCUT2D eigenvalue weighted by atomic mass is 35.5. The predicted molar refractivity (Wildman–Crippen MR) is 88.5 cm³/mol. The van der Waals surface area contributed by atoms with Crippen LogP contribution in [0.4, 0.5) is 0 Å². The molecule has 0 saturated heterocycles. The standard InChI is InChI=1S/C16H16Cl2N2O2/c1-10(2)15-8-13(5-6-16(21)22)20(19-15)9-11-3-4-12(17)7-14(11)18/h3-8,10H,9H2,1-2H3,(H,21,22). The summed E-state index contributed by atoms with van der Waals surface area (Å²) in [6, 6.07) is 7.17. The van der Waals surface area contributed by atoms with Crippen molar-refractivity contribution in [2.24, 2.45) is 0 Å². The minimum absolute atomic E-state index is 0.249. The van der Waals surface area contributed by atoms with Crippen LogP contribution in [0.1, 0.15) is 36.7 Å². The second kappa shape index (κ2) is 6.99. The number of carboxylic acids is 1. The van der Waals surface area contributed by atoms with Crippen molar-refractivity contribution in [1.29, 1.82) is 0 Å². The minimum Gasteiger partial charge on any atom is -0.478 e. The minimum atomic E-state index is -0.997. The molecule has 0 bridgehead atoms. The fourth-order valence-electron chi connectivity index (χ4n) is 1.96. The fraction of sp³-hybridized carbons (Fsp3) is 0.250. The Morgan fingerprint density at radius 2 is 2.09 bits per heavy atom. The van der Waals surface area contributed by atoms with Gasteiger partial charge in [0.25, 0.3) is 0 Å². The molecule has 0 aliphatic rings. The molecule has 4 nitrogen and oxygen atoms in total. The molecule has 0 unspecified atom stereocenters. The molecule has 116 valence electrons. The van der Waals surface area contributed by atoms with Gasteiger partial charge in [0, 0.05) is 16.1 Å². The molecule has 1 aromatic carbocycles. The molecule has 2 aromatic rings. The monoisotopic (exact) mass is 338 g/mol. The van der Waals surface area contributed by atoms with E-state index < -0.39 is 5.97 Å². The van der Waals surface area contributed by atoms with Crippen molar-refractivity contribution in [2.45, 2.75) is 26.3 Å². The van der Waals surface area contributed by atoms with E-state index in [9.17, 15) is 4.79 Å². The zero-order valence-corrected chi connectivity index (χ0v) is 13.8. The smallest absolute Gasteiger partial charge is 0.328 e. The lowest BCUT2D eigenvalue weighted by Gasteiger charge is -2.07. The van der Waals surface area contributed by atoms with E-state index in [2.05, 4.69) is 5.10 Å². The average Bonchev–Trinajstić information content (AvgIpc) is 2.83. The number of aromatic nitrogens is 2. The molecular weight excluding hydrogens is 323 g/mol. The lowest BCUT2D eigenvalue weighted by Crippen LogP contribution is -2.05. The molecule has 6 heteroatoms. The Bertz CT molecular complexity index is 721. The first-order chi connectivity index (χ1) is 10.4. The number of hydrogen-bond acceptors (Lipinski definition) is 2. The van der Waals surface area contributed by atoms with Gasteiger partial charge in [0.05, 0.1) is 17.9 Å². The molecule has 0 saturated carbocycles. The van der Waals surface area contributed by atoms with Crippen LogP contribution in [0, 0.1) is 0 Å². The molecule has 0 aliphatic carbocycles. The van der Waals surface area contributed by atoms with Crippen molar-refractivity contribution < 1.29 is 9.90 Å². The fourth-order valence-corrected chi connectivity index (χ4v) is 2.43. The van der Waals surface area contributed by atoms with E-state index >= 15 is 0 Å². The number of carbonyl (C=O) groups is 1. The van der Waals surface area contributed by atoms with Gasteiger partial charge in [0.2, 0.25) is 0 Å². The normalized spacial score (nSPS) is 11.5. The van der Waals surface area contributed by atoms with Crippen LogP contribution >= 0.6 is 23.2 Å². The molecule has 1 N–H and O–H groups in total. The Morgan fingerprint density at radius 3 is 2.68 bits per heavy atom. The lowest BCUT2D eigenvalue weighted by molar-refractivity contribution is -0.131. The Balaban J connectivity index is 2.37. The van der Waals surface area contributed by atoms with Crippen LogP contribution in [0.2, 0.25) is 10.0 Å². The second-order valence-corrected chi connectivity index (χ2v) is 6.06.